The van der Waals surface area contributed by atoms with Crippen LogP contribution in [0.5, 0.6) is 0 Å². The van der Waals surface area contributed by atoms with Crippen molar-refractivity contribution in [3.8, 4) is 5.82 Å². The molecule has 0 aliphatic heterocycles. The van der Waals surface area contributed by atoms with E-state index < -0.39 is 0 Å². The van der Waals surface area contributed by atoms with Crippen LogP contribution in [0, 0.1) is 6.92 Å². The molecule has 0 unspecified atom stereocenters. The van der Waals surface area contributed by atoms with Crippen molar-refractivity contribution in [2.24, 2.45) is 0 Å². The Kier molecular flexibility index (Phi) is 3.87. The average Bonchev–Trinajstić information content (AvgIpc) is 2.80. The van der Waals surface area contributed by atoms with Crippen LogP contribution in [0.1, 0.15) is 57.6 Å². The lowest BCUT2D eigenvalue weighted by Gasteiger charge is -2.18. The van der Waals surface area contributed by atoms with Gasteiger partial charge in [0, 0.05) is 17.2 Å². The first-order valence-corrected chi connectivity index (χ1v) is 7.18. The average molecular weight is 293 g/mol. The van der Waals surface area contributed by atoms with Crippen LogP contribution in [0.25, 0.3) is 5.82 Å². The topological polar surface area (TPSA) is 43.6 Å². The quantitative estimate of drug-likeness (QED) is 0.785. The summed E-state index contributed by atoms with van der Waals surface area (Å²) in [6.07, 6.45) is 1.92. The largest absolute Gasteiger partial charge is 0.222 e. The summed E-state index contributed by atoms with van der Waals surface area (Å²) in [5, 5.41) is 5.06. The fourth-order valence-corrected chi connectivity index (χ4v) is 1.97. The van der Waals surface area contributed by atoms with Crippen molar-refractivity contribution < 1.29 is 0 Å². The molecule has 108 valence electrons. The molecule has 0 saturated carbocycles. The fourth-order valence-electron chi connectivity index (χ4n) is 1.80. The van der Waals surface area contributed by atoms with Gasteiger partial charge in [0.05, 0.1) is 5.69 Å². The van der Waals surface area contributed by atoms with Gasteiger partial charge in [0.25, 0.3) is 0 Å². The van der Waals surface area contributed by atoms with Gasteiger partial charge < -0.3 is 0 Å². The van der Waals surface area contributed by atoms with Gasteiger partial charge in [-0.15, -0.1) is 0 Å². The Hall–Kier alpha value is -1.42. The zero-order valence-corrected chi connectivity index (χ0v) is 13.7. The SMILES string of the molecule is Cc1c(Cl)nc(C(C)(C)C)nc1-n1ccc(C(C)C)n1. The monoisotopic (exact) mass is 292 g/mol. The Labute approximate surface area is 125 Å². The van der Waals surface area contributed by atoms with Gasteiger partial charge in [-0.3, -0.25) is 0 Å². The van der Waals surface area contributed by atoms with E-state index in [2.05, 4.69) is 49.7 Å². The van der Waals surface area contributed by atoms with Gasteiger partial charge in [-0.1, -0.05) is 46.2 Å². The number of hydrogen-bond donors (Lipinski definition) is 0. The van der Waals surface area contributed by atoms with Gasteiger partial charge >= 0.3 is 0 Å². The second kappa shape index (κ2) is 5.17. The second-order valence-corrected chi connectivity index (χ2v) is 6.73. The molecule has 0 N–H and O–H groups in total. The molecule has 2 rings (SSSR count). The van der Waals surface area contributed by atoms with E-state index in [-0.39, 0.29) is 5.41 Å². The van der Waals surface area contributed by atoms with Gasteiger partial charge in [0.2, 0.25) is 0 Å². The van der Waals surface area contributed by atoms with E-state index in [1.807, 2.05) is 19.2 Å². The highest BCUT2D eigenvalue weighted by molar-refractivity contribution is 6.30. The molecule has 5 heteroatoms. The lowest BCUT2D eigenvalue weighted by atomic mass is 9.95. The van der Waals surface area contributed by atoms with Crippen LogP contribution in [0.4, 0.5) is 0 Å². The van der Waals surface area contributed by atoms with Crippen LogP contribution in [-0.2, 0) is 5.41 Å². The first-order valence-electron chi connectivity index (χ1n) is 6.80. The third kappa shape index (κ3) is 2.85. The van der Waals surface area contributed by atoms with Crippen molar-refractivity contribution in [1.29, 1.82) is 0 Å². The van der Waals surface area contributed by atoms with Crippen molar-refractivity contribution >= 4 is 11.6 Å². The van der Waals surface area contributed by atoms with Crippen LogP contribution < -0.4 is 0 Å². The van der Waals surface area contributed by atoms with Crippen LogP contribution in [0.3, 0.4) is 0 Å². The Morgan fingerprint density at radius 2 is 1.85 bits per heavy atom. The second-order valence-electron chi connectivity index (χ2n) is 6.38. The molecule has 0 radical (unpaired) electrons. The number of nitrogens with zero attached hydrogens (tertiary/aromatic N) is 4. The van der Waals surface area contributed by atoms with Crippen LogP contribution >= 0.6 is 11.6 Å². The summed E-state index contributed by atoms with van der Waals surface area (Å²) >= 11 is 6.25. The molecule has 0 atom stereocenters. The van der Waals surface area contributed by atoms with Gasteiger partial charge in [-0.05, 0) is 18.9 Å². The van der Waals surface area contributed by atoms with E-state index in [1.54, 1.807) is 4.68 Å². The van der Waals surface area contributed by atoms with Gasteiger partial charge in [-0.2, -0.15) is 5.10 Å². The zero-order valence-electron chi connectivity index (χ0n) is 12.9. The van der Waals surface area contributed by atoms with E-state index in [1.165, 1.54) is 0 Å². The normalized spacial score (nSPS) is 12.2. The van der Waals surface area contributed by atoms with E-state index >= 15 is 0 Å². The first-order chi connectivity index (χ1) is 9.20. The number of hydrogen-bond acceptors (Lipinski definition) is 3. The molecule has 20 heavy (non-hydrogen) atoms. The molecule has 0 spiro atoms. The molecule has 0 aromatic carbocycles. The highest BCUT2D eigenvalue weighted by atomic mass is 35.5. The molecule has 0 aliphatic carbocycles. The zero-order chi connectivity index (χ0) is 15.1. The van der Waals surface area contributed by atoms with Gasteiger partial charge in [-0.25, -0.2) is 14.6 Å². The maximum atomic E-state index is 6.25. The predicted molar refractivity (Wildman–Crippen MR) is 81.7 cm³/mol. The standard InChI is InChI=1S/C15H21ClN4/c1-9(2)11-7-8-20(19-11)13-10(3)12(16)17-14(18-13)15(4,5)6/h7-9H,1-6H3. The third-order valence-electron chi connectivity index (χ3n) is 3.15. The lowest BCUT2D eigenvalue weighted by molar-refractivity contribution is 0.541. The Morgan fingerprint density at radius 3 is 2.35 bits per heavy atom. The van der Waals surface area contributed by atoms with Crippen LogP contribution in [-0.4, -0.2) is 19.7 Å². The summed E-state index contributed by atoms with van der Waals surface area (Å²) in [7, 11) is 0. The number of rotatable bonds is 2. The maximum Gasteiger partial charge on any atom is 0.161 e. The Morgan fingerprint density at radius 1 is 1.20 bits per heavy atom. The molecular weight excluding hydrogens is 272 g/mol. The molecule has 0 bridgehead atoms. The van der Waals surface area contributed by atoms with E-state index in [0.29, 0.717) is 11.1 Å². The third-order valence-corrected chi connectivity index (χ3v) is 3.52. The van der Waals surface area contributed by atoms with E-state index in [4.69, 9.17) is 11.6 Å². The summed E-state index contributed by atoms with van der Waals surface area (Å²) in [6, 6.07) is 2.01. The van der Waals surface area contributed by atoms with Crippen molar-refractivity contribution in [2.45, 2.75) is 52.9 Å². The minimum atomic E-state index is -0.153. The summed E-state index contributed by atoms with van der Waals surface area (Å²) < 4.78 is 1.79. The van der Waals surface area contributed by atoms with Crippen LogP contribution in [0.2, 0.25) is 5.15 Å². The minimum absolute atomic E-state index is 0.153. The smallest absolute Gasteiger partial charge is 0.161 e. The molecule has 0 aliphatic rings. The molecule has 2 aromatic rings. The Balaban J connectivity index is 2.57. The number of aromatic nitrogens is 4. The molecule has 0 amide bonds. The lowest BCUT2D eigenvalue weighted by Crippen LogP contribution is -2.19. The van der Waals surface area contributed by atoms with Crippen molar-refractivity contribution in [2.75, 3.05) is 0 Å². The maximum absolute atomic E-state index is 6.25. The summed E-state index contributed by atoms with van der Waals surface area (Å²) in [4.78, 5) is 9.04. The van der Waals surface area contributed by atoms with Crippen LogP contribution in [0.15, 0.2) is 12.3 Å². The molecule has 2 heterocycles. The molecule has 0 fully saturated rings. The fraction of sp³-hybridized carbons (Fsp3) is 0.533. The van der Waals surface area contributed by atoms with E-state index in [0.717, 1.165) is 22.9 Å². The number of halogens is 1. The first kappa shape index (κ1) is 15.0. The van der Waals surface area contributed by atoms with Crippen molar-refractivity contribution in [1.82, 2.24) is 19.7 Å². The van der Waals surface area contributed by atoms with Gasteiger partial charge in [0.15, 0.2) is 5.82 Å². The highest BCUT2D eigenvalue weighted by Gasteiger charge is 2.21. The minimum Gasteiger partial charge on any atom is -0.222 e. The summed E-state index contributed by atoms with van der Waals surface area (Å²) in [6.45, 7) is 12.4. The predicted octanol–water partition coefficient (Wildman–Crippen LogP) is 4.05. The summed E-state index contributed by atoms with van der Waals surface area (Å²) in [5.74, 6) is 1.86. The molecule has 0 saturated heterocycles. The Bertz CT molecular complexity index is 623. The molecule has 2 aromatic heterocycles. The highest BCUT2D eigenvalue weighted by Crippen LogP contribution is 2.25. The van der Waals surface area contributed by atoms with Gasteiger partial charge in [0.1, 0.15) is 11.0 Å². The molecule has 4 nitrogen and oxygen atoms in total. The van der Waals surface area contributed by atoms with E-state index in [9.17, 15) is 0 Å². The molecular formula is C15H21ClN4. The van der Waals surface area contributed by atoms with Crippen molar-refractivity contribution in [3.05, 3.63) is 34.5 Å². The van der Waals surface area contributed by atoms with Crippen molar-refractivity contribution in [3.63, 3.8) is 0 Å². The summed E-state index contributed by atoms with van der Waals surface area (Å²) in [5.41, 5.74) is 1.73.